The maximum atomic E-state index is 13.3. The topological polar surface area (TPSA) is 75.6 Å². The van der Waals surface area contributed by atoms with Gasteiger partial charge in [0.2, 0.25) is 0 Å². The number of hydrogen-bond acceptors (Lipinski definition) is 3. The highest BCUT2D eigenvalue weighted by molar-refractivity contribution is 6.34. The maximum Gasteiger partial charge on any atom is 0.313 e. The molecule has 108 valence electrons. The predicted octanol–water partition coefficient (Wildman–Crippen LogP) is 1.70. The Hall–Kier alpha value is -1.66. The van der Waals surface area contributed by atoms with Gasteiger partial charge in [0, 0.05) is 0 Å². The molecular formula is C13H13ClFNO4. The van der Waals surface area contributed by atoms with Gasteiger partial charge in [-0.1, -0.05) is 17.7 Å². The molecule has 2 unspecified atom stereocenters. The molecule has 5 nitrogen and oxygen atoms in total. The highest BCUT2D eigenvalue weighted by atomic mass is 35.5. The molecule has 1 fully saturated rings. The Morgan fingerprint density at radius 2 is 2.25 bits per heavy atom. The third-order valence-electron chi connectivity index (χ3n) is 3.45. The van der Waals surface area contributed by atoms with Gasteiger partial charge in [-0.2, -0.15) is 0 Å². The van der Waals surface area contributed by atoms with E-state index in [9.17, 15) is 19.1 Å². The molecule has 0 spiro atoms. The molecule has 2 atom stereocenters. The zero-order valence-corrected chi connectivity index (χ0v) is 11.4. The second-order valence-corrected chi connectivity index (χ2v) is 5.24. The molecule has 1 heterocycles. The summed E-state index contributed by atoms with van der Waals surface area (Å²) in [6.07, 6.45) is 0. The van der Waals surface area contributed by atoms with E-state index in [1.165, 1.54) is 19.1 Å². The fourth-order valence-corrected chi connectivity index (χ4v) is 2.21. The minimum absolute atomic E-state index is 0.00413. The Morgan fingerprint density at radius 3 is 2.90 bits per heavy atom. The summed E-state index contributed by atoms with van der Waals surface area (Å²) in [5.74, 6) is -2.40. The van der Waals surface area contributed by atoms with E-state index in [2.05, 4.69) is 5.32 Å². The molecule has 0 aromatic heterocycles. The molecule has 0 bridgehead atoms. The van der Waals surface area contributed by atoms with Crippen LogP contribution in [0.4, 0.5) is 4.39 Å². The van der Waals surface area contributed by atoms with Gasteiger partial charge in [0.15, 0.2) is 0 Å². The number of nitrogens with one attached hydrogen (secondary N) is 1. The van der Waals surface area contributed by atoms with Gasteiger partial charge in [-0.25, -0.2) is 4.39 Å². The molecule has 0 saturated carbocycles. The summed E-state index contributed by atoms with van der Waals surface area (Å²) < 4.78 is 18.4. The Balaban J connectivity index is 2.20. The summed E-state index contributed by atoms with van der Waals surface area (Å²) in [4.78, 5) is 23.3. The van der Waals surface area contributed by atoms with Crippen molar-refractivity contribution in [3.05, 3.63) is 34.6 Å². The number of carbonyl (C=O) groups is 2. The maximum absolute atomic E-state index is 13.3. The van der Waals surface area contributed by atoms with E-state index in [0.717, 1.165) is 6.07 Å². The molecule has 1 saturated heterocycles. The molecule has 0 radical (unpaired) electrons. The lowest BCUT2D eigenvalue weighted by atomic mass is 9.85. The standard InChI is InChI=1S/C13H13ClFNO4/c1-13(12(18)19)6-20-5-9(13)16-11(17)7-3-2-4-8(15)10(7)14/h2-4,9H,5-6H2,1H3,(H,16,17)(H,18,19). The minimum atomic E-state index is -1.21. The molecule has 2 N–H and O–H groups in total. The number of amides is 1. The zero-order chi connectivity index (χ0) is 14.9. The van der Waals surface area contributed by atoms with Gasteiger partial charge >= 0.3 is 5.97 Å². The molecule has 20 heavy (non-hydrogen) atoms. The van der Waals surface area contributed by atoms with Gasteiger partial charge in [0.1, 0.15) is 11.2 Å². The average molecular weight is 302 g/mol. The first-order valence-corrected chi connectivity index (χ1v) is 6.30. The number of carbonyl (C=O) groups excluding carboxylic acids is 1. The van der Waals surface area contributed by atoms with Crippen LogP contribution in [-0.4, -0.2) is 36.2 Å². The molecule has 7 heteroatoms. The Bertz CT molecular complexity index is 565. The number of rotatable bonds is 3. The van der Waals surface area contributed by atoms with Crippen LogP contribution in [0.15, 0.2) is 18.2 Å². The lowest BCUT2D eigenvalue weighted by Crippen LogP contribution is -2.49. The Kier molecular flexibility index (Phi) is 3.96. The van der Waals surface area contributed by atoms with Crippen molar-refractivity contribution in [2.75, 3.05) is 13.2 Å². The third kappa shape index (κ3) is 2.48. The fraction of sp³-hybridized carbons (Fsp3) is 0.385. The first-order valence-electron chi connectivity index (χ1n) is 5.92. The van der Waals surface area contributed by atoms with E-state index in [0.29, 0.717) is 0 Å². The number of ether oxygens (including phenoxy) is 1. The summed E-state index contributed by atoms with van der Waals surface area (Å²) in [5, 5.41) is 11.5. The van der Waals surface area contributed by atoms with Crippen LogP contribution in [0, 0.1) is 11.2 Å². The van der Waals surface area contributed by atoms with Gasteiger partial charge in [-0.3, -0.25) is 9.59 Å². The lowest BCUT2D eigenvalue weighted by Gasteiger charge is -2.25. The van der Waals surface area contributed by atoms with Crippen molar-refractivity contribution >= 4 is 23.5 Å². The number of carboxylic acid groups (broad SMARTS) is 1. The van der Waals surface area contributed by atoms with Crippen molar-refractivity contribution in [1.29, 1.82) is 0 Å². The highest BCUT2D eigenvalue weighted by Gasteiger charge is 2.47. The summed E-state index contributed by atoms with van der Waals surface area (Å²) in [7, 11) is 0. The van der Waals surface area contributed by atoms with Crippen molar-refractivity contribution in [2.24, 2.45) is 5.41 Å². The number of aliphatic carboxylic acids is 1. The van der Waals surface area contributed by atoms with Crippen molar-refractivity contribution in [1.82, 2.24) is 5.32 Å². The SMILES string of the molecule is CC1(C(=O)O)COCC1NC(=O)c1cccc(F)c1Cl. The van der Waals surface area contributed by atoms with Gasteiger partial charge in [-0.05, 0) is 19.1 Å². The Morgan fingerprint density at radius 1 is 1.55 bits per heavy atom. The number of hydrogen-bond donors (Lipinski definition) is 2. The van der Waals surface area contributed by atoms with E-state index in [-0.39, 0.29) is 23.8 Å². The molecule has 1 aliphatic rings. The van der Waals surface area contributed by atoms with Crippen molar-refractivity contribution < 1.29 is 23.8 Å². The first kappa shape index (κ1) is 14.7. The quantitative estimate of drug-likeness (QED) is 0.891. The molecule has 1 aliphatic heterocycles. The van der Waals surface area contributed by atoms with Crippen LogP contribution in [0.3, 0.4) is 0 Å². The second-order valence-electron chi connectivity index (χ2n) is 4.87. The molecule has 1 amide bonds. The zero-order valence-electron chi connectivity index (χ0n) is 10.7. The van der Waals surface area contributed by atoms with Gasteiger partial charge in [0.25, 0.3) is 5.91 Å². The summed E-state index contributed by atoms with van der Waals surface area (Å²) in [5.41, 5.74) is -1.25. The van der Waals surface area contributed by atoms with Crippen LogP contribution < -0.4 is 5.32 Å². The second kappa shape index (κ2) is 5.38. The van der Waals surface area contributed by atoms with Crippen LogP contribution in [0.1, 0.15) is 17.3 Å². The van der Waals surface area contributed by atoms with Gasteiger partial charge in [0.05, 0.1) is 29.8 Å². The monoisotopic (exact) mass is 301 g/mol. The van der Waals surface area contributed by atoms with Crippen LogP contribution in [0.2, 0.25) is 5.02 Å². The van der Waals surface area contributed by atoms with Crippen molar-refractivity contribution in [2.45, 2.75) is 13.0 Å². The van der Waals surface area contributed by atoms with Crippen LogP contribution in [-0.2, 0) is 9.53 Å². The molecular weight excluding hydrogens is 289 g/mol. The normalized spacial score (nSPS) is 25.4. The van der Waals surface area contributed by atoms with Crippen LogP contribution in [0.25, 0.3) is 0 Å². The van der Waals surface area contributed by atoms with Crippen molar-refractivity contribution in [3.8, 4) is 0 Å². The molecule has 0 aliphatic carbocycles. The minimum Gasteiger partial charge on any atom is -0.481 e. The highest BCUT2D eigenvalue weighted by Crippen LogP contribution is 2.29. The third-order valence-corrected chi connectivity index (χ3v) is 3.83. The largest absolute Gasteiger partial charge is 0.481 e. The molecule has 2 rings (SSSR count). The van der Waals surface area contributed by atoms with E-state index in [1.54, 1.807) is 0 Å². The smallest absolute Gasteiger partial charge is 0.313 e. The summed E-state index contributed by atoms with van der Waals surface area (Å²) in [6, 6.07) is 3.16. The average Bonchev–Trinajstić information content (AvgIpc) is 2.75. The van der Waals surface area contributed by atoms with Gasteiger partial charge in [-0.15, -0.1) is 0 Å². The molecule has 1 aromatic carbocycles. The summed E-state index contributed by atoms with van der Waals surface area (Å²) >= 11 is 5.72. The van der Waals surface area contributed by atoms with E-state index in [1.807, 2.05) is 0 Å². The Labute approximate surface area is 119 Å². The van der Waals surface area contributed by atoms with E-state index >= 15 is 0 Å². The molecule has 1 aromatic rings. The van der Waals surface area contributed by atoms with E-state index < -0.39 is 29.2 Å². The summed E-state index contributed by atoms with van der Waals surface area (Å²) in [6.45, 7) is 1.58. The van der Waals surface area contributed by atoms with Crippen LogP contribution in [0.5, 0.6) is 0 Å². The lowest BCUT2D eigenvalue weighted by molar-refractivity contribution is -0.148. The van der Waals surface area contributed by atoms with E-state index in [4.69, 9.17) is 16.3 Å². The number of benzene rings is 1. The fourth-order valence-electron chi connectivity index (χ4n) is 2.00. The first-order chi connectivity index (χ1) is 9.36. The number of carboxylic acids is 1. The van der Waals surface area contributed by atoms with Crippen LogP contribution >= 0.6 is 11.6 Å². The predicted molar refractivity (Wildman–Crippen MR) is 69.2 cm³/mol. The van der Waals surface area contributed by atoms with Gasteiger partial charge < -0.3 is 15.2 Å². The number of halogens is 2. The van der Waals surface area contributed by atoms with Crippen molar-refractivity contribution in [3.63, 3.8) is 0 Å².